The first-order valence-corrected chi connectivity index (χ1v) is 9.60. The zero-order valence-electron chi connectivity index (χ0n) is 13.8. The molecule has 1 aliphatic heterocycles. The van der Waals surface area contributed by atoms with E-state index < -0.39 is 0 Å². The van der Waals surface area contributed by atoms with Gasteiger partial charge < -0.3 is 4.90 Å². The molecule has 0 spiro atoms. The number of hydrogen-bond donors (Lipinski definition) is 2. The Morgan fingerprint density at radius 2 is 2.04 bits per heavy atom. The van der Waals surface area contributed by atoms with Crippen LogP contribution >= 0.6 is 11.3 Å². The van der Waals surface area contributed by atoms with Crippen molar-refractivity contribution in [3.63, 3.8) is 0 Å². The van der Waals surface area contributed by atoms with Crippen molar-refractivity contribution in [3.05, 3.63) is 56.3 Å². The van der Waals surface area contributed by atoms with Gasteiger partial charge >= 0.3 is 0 Å². The van der Waals surface area contributed by atoms with E-state index in [1.54, 1.807) is 11.3 Å². The molecule has 0 saturated carbocycles. The normalized spacial score (nSPS) is 16.1. The summed E-state index contributed by atoms with van der Waals surface area (Å²) < 4.78 is 0. The molecule has 3 aromatic heterocycles. The number of aromatic nitrogens is 4. The van der Waals surface area contributed by atoms with E-state index in [0.29, 0.717) is 18.8 Å². The van der Waals surface area contributed by atoms with E-state index >= 15 is 0 Å². The highest BCUT2D eigenvalue weighted by Crippen LogP contribution is 2.27. The van der Waals surface area contributed by atoms with Gasteiger partial charge in [-0.2, -0.15) is 10.2 Å². The number of aromatic amines is 2. The molecule has 6 nitrogen and oxygen atoms in total. The number of rotatable bonds is 3. The minimum atomic E-state index is 0.0494. The molecule has 7 heteroatoms. The second-order valence-electron chi connectivity index (χ2n) is 6.74. The van der Waals surface area contributed by atoms with Gasteiger partial charge in [-0.05, 0) is 30.7 Å². The summed E-state index contributed by atoms with van der Waals surface area (Å²) >= 11 is 1.74. The molecule has 0 radical (unpaired) electrons. The van der Waals surface area contributed by atoms with Crippen LogP contribution in [0.3, 0.4) is 0 Å². The highest BCUT2D eigenvalue weighted by atomic mass is 32.1. The molecule has 5 rings (SSSR count). The van der Waals surface area contributed by atoms with Crippen molar-refractivity contribution in [2.75, 3.05) is 6.54 Å². The van der Waals surface area contributed by atoms with Gasteiger partial charge in [0.15, 0.2) is 5.69 Å². The lowest BCUT2D eigenvalue weighted by Crippen LogP contribution is -2.36. The van der Waals surface area contributed by atoms with Crippen LogP contribution in [0.1, 0.15) is 50.0 Å². The maximum atomic E-state index is 13.0. The van der Waals surface area contributed by atoms with E-state index in [9.17, 15) is 4.79 Å². The second kappa shape index (κ2) is 5.84. The van der Waals surface area contributed by atoms with Crippen LogP contribution in [-0.4, -0.2) is 37.7 Å². The van der Waals surface area contributed by atoms with Gasteiger partial charge in [-0.1, -0.05) is 6.07 Å². The maximum absolute atomic E-state index is 13.0. The lowest BCUT2D eigenvalue weighted by Gasteiger charge is -2.26. The van der Waals surface area contributed by atoms with Gasteiger partial charge in [-0.15, -0.1) is 11.3 Å². The third kappa shape index (κ3) is 2.50. The first-order chi connectivity index (χ1) is 12.3. The third-order valence-corrected chi connectivity index (χ3v) is 6.11. The smallest absolute Gasteiger partial charge is 0.274 e. The summed E-state index contributed by atoms with van der Waals surface area (Å²) in [6.45, 7) is 1.33. The van der Waals surface area contributed by atoms with E-state index in [1.165, 1.54) is 16.1 Å². The SMILES string of the molecule is O=C(c1n[nH]c2c1CCC2)N1CCc2[nH]nc(Cc3cccs3)c2C1. The Balaban J connectivity index is 1.40. The summed E-state index contributed by atoms with van der Waals surface area (Å²) in [6.07, 6.45) is 4.73. The molecule has 2 N–H and O–H groups in total. The standard InChI is InChI=1S/C18H19N5OS/c24-18(17-12-4-1-5-14(12)20-22-17)23-7-6-15-13(10-23)16(21-19-15)9-11-3-2-8-25-11/h2-3,8H,1,4-7,9-10H2,(H,19,21)(H,20,22). The fourth-order valence-corrected chi connectivity index (χ4v) is 4.61. The second-order valence-corrected chi connectivity index (χ2v) is 7.78. The first-order valence-electron chi connectivity index (χ1n) is 8.72. The predicted octanol–water partition coefficient (Wildman–Crippen LogP) is 2.47. The number of nitrogens with one attached hydrogen (secondary N) is 2. The van der Waals surface area contributed by atoms with Crippen molar-refractivity contribution in [3.8, 4) is 0 Å². The lowest BCUT2D eigenvalue weighted by atomic mass is 10.0. The minimum Gasteiger partial charge on any atom is -0.332 e. The Kier molecular flexibility index (Phi) is 3.48. The molecule has 0 saturated heterocycles. The fraction of sp³-hybridized carbons (Fsp3) is 0.389. The zero-order valence-corrected chi connectivity index (χ0v) is 14.7. The van der Waals surface area contributed by atoms with Crippen LogP contribution < -0.4 is 0 Å². The van der Waals surface area contributed by atoms with Crippen molar-refractivity contribution in [2.24, 2.45) is 0 Å². The van der Waals surface area contributed by atoms with Crippen LogP contribution in [0.15, 0.2) is 17.5 Å². The summed E-state index contributed by atoms with van der Waals surface area (Å²) in [4.78, 5) is 16.2. The molecule has 1 aliphatic carbocycles. The van der Waals surface area contributed by atoms with Gasteiger partial charge in [0, 0.05) is 53.3 Å². The zero-order chi connectivity index (χ0) is 16.8. The Labute approximate surface area is 149 Å². The van der Waals surface area contributed by atoms with E-state index in [-0.39, 0.29) is 5.91 Å². The number of aryl methyl sites for hydroxylation is 1. The molecular formula is C18H19N5OS. The van der Waals surface area contributed by atoms with Crippen LogP contribution in [0.25, 0.3) is 0 Å². The highest BCUT2D eigenvalue weighted by Gasteiger charge is 2.30. The van der Waals surface area contributed by atoms with Gasteiger partial charge in [0.25, 0.3) is 5.91 Å². The molecule has 0 fully saturated rings. The molecule has 3 aromatic rings. The van der Waals surface area contributed by atoms with Gasteiger partial charge in [0.05, 0.1) is 5.69 Å². The quantitative estimate of drug-likeness (QED) is 0.759. The van der Waals surface area contributed by atoms with Crippen molar-refractivity contribution in [2.45, 2.75) is 38.6 Å². The number of fused-ring (bicyclic) bond motifs is 2. The van der Waals surface area contributed by atoms with Crippen molar-refractivity contribution in [1.29, 1.82) is 0 Å². The van der Waals surface area contributed by atoms with Crippen LogP contribution in [0.4, 0.5) is 0 Å². The molecule has 0 atom stereocenters. The fourth-order valence-electron chi connectivity index (χ4n) is 3.90. The Hall–Kier alpha value is -2.41. The molecule has 25 heavy (non-hydrogen) atoms. The third-order valence-electron chi connectivity index (χ3n) is 5.24. The predicted molar refractivity (Wildman–Crippen MR) is 94.8 cm³/mol. The molecule has 4 heterocycles. The van der Waals surface area contributed by atoms with Gasteiger partial charge in [-0.3, -0.25) is 15.0 Å². The van der Waals surface area contributed by atoms with Crippen LogP contribution in [0, 0.1) is 0 Å². The van der Waals surface area contributed by atoms with Crippen LogP contribution in [-0.2, 0) is 32.2 Å². The summed E-state index contributed by atoms with van der Waals surface area (Å²) in [7, 11) is 0. The average molecular weight is 353 g/mol. The Bertz CT molecular complexity index is 924. The molecule has 0 bridgehead atoms. The van der Waals surface area contributed by atoms with Gasteiger partial charge in [0.1, 0.15) is 0 Å². The average Bonchev–Trinajstić information content (AvgIpc) is 3.39. The number of H-pyrrole nitrogens is 2. The highest BCUT2D eigenvalue weighted by molar-refractivity contribution is 7.09. The molecule has 0 unspecified atom stereocenters. The Morgan fingerprint density at radius 3 is 2.92 bits per heavy atom. The van der Waals surface area contributed by atoms with Crippen LogP contribution in [0.5, 0.6) is 0 Å². The number of hydrogen-bond acceptors (Lipinski definition) is 4. The summed E-state index contributed by atoms with van der Waals surface area (Å²) in [5.74, 6) is 0.0494. The number of carbonyl (C=O) groups is 1. The topological polar surface area (TPSA) is 77.7 Å². The molecule has 0 aromatic carbocycles. The summed E-state index contributed by atoms with van der Waals surface area (Å²) in [5, 5.41) is 17.1. The summed E-state index contributed by atoms with van der Waals surface area (Å²) in [5.41, 5.74) is 6.30. The van der Waals surface area contributed by atoms with Crippen molar-refractivity contribution < 1.29 is 4.79 Å². The Morgan fingerprint density at radius 1 is 1.16 bits per heavy atom. The van der Waals surface area contributed by atoms with Crippen molar-refractivity contribution >= 4 is 17.2 Å². The molecule has 1 amide bonds. The van der Waals surface area contributed by atoms with Crippen molar-refractivity contribution in [1.82, 2.24) is 25.3 Å². The number of nitrogens with zero attached hydrogens (tertiary/aromatic N) is 3. The maximum Gasteiger partial charge on any atom is 0.274 e. The number of carbonyl (C=O) groups excluding carboxylic acids is 1. The number of amides is 1. The van der Waals surface area contributed by atoms with E-state index in [0.717, 1.165) is 49.1 Å². The van der Waals surface area contributed by atoms with E-state index in [1.807, 2.05) is 4.90 Å². The first kappa shape index (κ1) is 14.9. The molecular weight excluding hydrogens is 334 g/mol. The molecule has 128 valence electrons. The van der Waals surface area contributed by atoms with Crippen LogP contribution in [0.2, 0.25) is 0 Å². The van der Waals surface area contributed by atoms with E-state index in [4.69, 9.17) is 0 Å². The van der Waals surface area contributed by atoms with Gasteiger partial charge in [-0.25, -0.2) is 0 Å². The number of thiophene rings is 1. The summed E-state index contributed by atoms with van der Waals surface area (Å²) in [6, 6.07) is 4.19. The lowest BCUT2D eigenvalue weighted by molar-refractivity contribution is 0.0727. The minimum absolute atomic E-state index is 0.0494. The van der Waals surface area contributed by atoms with E-state index in [2.05, 4.69) is 37.9 Å². The largest absolute Gasteiger partial charge is 0.332 e. The molecule has 2 aliphatic rings. The van der Waals surface area contributed by atoms with Gasteiger partial charge in [0.2, 0.25) is 0 Å². The monoisotopic (exact) mass is 353 g/mol.